The number of aromatic nitrogens is 2. The van der Waals surface area contributed by atoms with Crippen molar-refractivity contribution in [2.75, 3.05) is 19.0 Å². The maximum Gasteiger partial charge on any atom is 0.254 e. The summed E-state index contributed by atoms with van der Waals surface area (Å²) in [5.41, 5.74) is 3.47. The van der Waals surface area contributed by atoms with Gasteiger partial charge in [0, 0.05) is 18.9 Å². The Balaban J connectivity index is 1.58. The van der Waals surface area contributed by atoms with Crippen LogP contribution in [0.4, 0.5) is 11.6 Å². The van der Waals surface area contributed by atoms with Crippen molar-refractivity contribution in [2.24, 2.45) is 0 Å². The average Bonchev–Trinajstić information content (AvgIpc) is 2.69. The van der Waals surface area contributed by atoms with Gasteiger partial charge in [-0.25, -0.2) is 9.97 Å². The normalized spacial score (nSPS) is 10.3. The minimum absolute atomic E-state index is 0.189. The fraction of sp³-hybridized carbons (Fsp3) is 0.190. The number of benzene rings is 2. The molecular formula is C21H22N4O2. The summed E-state index contributed by atoms with van der Waals surface area (Å²) >= 11 is 0. The largest absolute Gasteiger partial charge is 0.495 e. The zero-order valence-corrected chi connectivity index (χ0v) is 15.4. The Morgan fingerprint density at radius 3 is 2.52 bits per heavy atom. The van der Waals surface area contributed by atoms with Gasteiger partial charge < -0.3 is 15.4 Å². The molecule has 0 fully saturated rings. The lowest BCUT2D eigenvalue weighted by Crippen LogP contribution is -2.26. The van der Waals surface area contributed by atoms with E-state index in [9.17, 15) is 4.79 Å². The monoisotopic (exact) mass is 362 g/mol. The quantitative estimate of drug-likeness (QED) is 0.673. The first-order valence-corrected chi connectivity index (χ1v) is 8.71. The topological polar surface area (TPSA) is 76.1 Å². The van der Waals surface area contributed by atoms with Crippen LogP contribution in [-0.4, -0.2) is 29.5 Å². The summed E-state index contributed by atoms with van der Waals surface area (Å²) in [6.07, 6.45) is 3.80. The highest BCUT2D eigenvalue weighted by molar-refractivity contribution is 5.93. The molecule has 0 atom stereocenters. The molecule has 0 aliphatic carbocycles. The second kappa shape index (κ2) is 8.80. The van der Waals surface area contributed by atoms with Crippen molar-refractivity contribution in [3.8, 4) is 5.75 Å². The molecule has 6 nitrogen and oxygen atoms in total. The fourth-order valence-electron chi connectivity index (χ4n) is 2.62. The van der Waals surface area contributed by atoms with Crippen LogP contribution in [0.25, 0.3) is 0 Å². The van der Waals surface area contributed by atoms with E-state index in [0.717, 1.165) is 17.7 Å². The van der Waals surface area contributed by atoms with E-state index in [1.807, 2.05) is 55.5 Å². The lowest BCUT2D eigenvalue weighted by atomic mass is 10.1. The number of carbonyl (C=O) groups excluding carboxylic acids is 1. The molecule has 1 heterocycles. The number of rotatable bonds is 7. The summed E-state index contributed by atoms with van der Waals surface area (Å²) < 4.78 is 5.33. The van der Waals surface area contributed by atoms with Crippen molar-refractivity contribution < 1.29 is 9.53 Å². The second-order valence-electron chi connectivity index (χ2n) is 6.12. The van der Waals surface area contributed by atoms with Crippen molar-refractivity contribution in [1.29, 1.82) is 0 Å². The molecule has 0 aliphatic rings. The molecule has 0 radical (unpaired) electrons. The molecule has 0 unspecified atom stereocenters. The number of amides is 1. The second-order valence-corrected chi connectivity index (χ2v) is 6.12. The van der Waals surface area contributed by atoms with E-state index in [1.54, 1.807) is 7.11 Å². The molecule has 1 aromatic heterocycles. The Bertz CT molecular complexity index is 896. The van der Waals surface area contributed by atoms with Crippen LogP contribution in [0.1, 0.15) is 21.5 Å². The van der Waals surface area contributed by atoms with E-state index >= 15 is 0 Å². The van der Waals surface area contributed by atoms with Gasteiger partial charge in [0.1, 0.15) is 5.75 Å². The molecule has 0 saturated carbocycles. The summed E-state index contributed by atoms with van der Waals surface area (Å²) in [5.74, 6) is 0.914. The molecule has 3 aromatic rings. The van der Waals surface area contributed by atoms with Crippen molar-refractivity contribution in [3.63, 3.8) is 0 Å². The maximum absolute atomic E-state index is 12.2. The van der Waals surface area contributed by atoms with Crippen LogP contribution in [0.15, 0.2) is 60.9 Å². The van der Waals surface area contributed by atoms with E-state index < -0.39 is 0 Å². The Morgan fingerprint density at radius 1 is 1.07 bits per heavy atom. The Kier molecular flexibility index (Phi) is 5.99. The summed E-state index contributed by atoms with van der Waals surface area (Å²) in [7, 11) is 1.61. The van der Waals surface area contributed by atoms with Crippen molar-refractivity contribution in [1.82, 2.24) is 15.3 Å². The minimum atomic E-state index is -0.189. The number of hydrogen-bond acceptors (Lipinski definition) is 5. The molecule has 0 aliphatic heterocycles. The van der Waals surface area contributed by atoms with E-state index in [-0.39, 0.29) is 5.91 Å². The molecule has 27 heavy (non-hydrogen) atoms. The first-order chi connectivity index (χ1) is 13.2. The average molecular weight is 362 g/mol. The lowest BCUT2D eigenvalue weighted by molar-refractivity contribution is 0.0953. The minimum Gasteiger partial charge on any atom is -0.495 e. The zero-order chi connectivity index (χ0) is 19.1. The number of nitrogens with zero attached hydrogens (tertiary/aromatic N) is 2. The summed E-state index contributed by atoms with van der Waals surface area (Å²) in [6, 6.07) is 15.8. The molecular weight excluding hydrogens is 340 g/mol. The van der Waals surface area contributed by atoms with Crippen molar-refractivity contribution >= 4 is 17.5 Å². The third-order valence-corrected chi connectivity index (χ3v) is 4.06. The molecule has 3 rings (SSSR count). The van der Waals surface area contributed by atoms with E-state index in [1.165, 1.54) is 18.0 Å². The number of hydrogen-bond donors (Lipinski definition) is 2. The molecule has 6 heteroatoms. The fourth-order valence-corrected chi connectivity index (χ4v) is 2.62. The third-order valence-electron chi connectivity index (χ3n) is 4.06. The van der Waals surface area contributed by atoms with Gasteiger partial charge in [0.05, 0.1) is 18.4 Å². The highest BCUT2D eigenvalue weighted by Gasteiger charge is 2.09. The Hall–Kier alpha value is -3.41. The van der Waals surface area contributed by atoms with Gasteiger partial charge in [-0.3, -0.25) is 4.79 Å². The summed E-state index contributed by atoms with van der Waals surface area (Å²) in [5, 5.41) is 6.00. The Labute approximate surface area is 158 Å². The van der Waals surface area contributed by atoms with E-state index in [0.29, 0.717) is 23.8 Å². The first-order valence-electron chi connectivity index (χ1n) is 8.71. The van der Waals surface area contributed by atoms with Gasteiger partial charge in [-0.2, -0.15) is 0 Å². The predicted octanol–water partition coefficient (Wildman–Crippen LogP) is 3.51. The van der Waals surface area contributed by atoms with Crippen molar-refractivity contribution in [3.05, 3.63) is 77.6 Å². The summed E-state index contributed by atoms with van der Waals surface area (Å²) in [4.78, 5) is 20.7. The number of carbonyl (C=O) groups is 1. The molecule has 2 aromatic carbocycles. The number of nitrogens with one attached hydrogen (secondary N) is 2. The van der Waals surface area contributed by atoms with Crippen LogP contribution >= 0.6 is 0 Å². The first kappa shape index (κ1) is 18.4. The molecule has 2 N–H and O–H groups in total. The molecule has 1 amide bonds. The van der Waals surface area contributed by atoms with Crippen LogP contribution in [-0.2, 0) is 6.42 Å². The molecule has 138 valence electrons. The Morgan fingerprint density at radius 2 is 1.81 bits per heavy atom. The van der Waals surface area contributed by atoms with Gasteiger partial charge in [-0.15, -0.1) is 0 Å². The van der Waals surface area contributed by atoms with E-state index in [2.05, 4.69) is 20.6 Å². The highest BCUT2D eigenvalue weighted by atomic mass is 16.5. The van der Waals surface area contributed by atoms with Crippen LogP contribution in [0.3, 0.4) is 0 Å². The number of methoxy groups -OCH3 is 1. The lowest BCUT2D eigenvalue weighted by Gasteiger charge is -2.11. The van der Waals surface area contributed by atoms with Gasteiger partial charge in [0.15, 0.2) is 0 Å². The molecule has 0 bridgehead atoms. The van der Waals surface area contributed by atoms with Gasteiger partial charge in [0.2, 0.25) is 5.95 Å². The van der Waals surface area contributed by atoms with Gasteiger partial charge in [-0.1, -0.05) is 36.4 Å². The summed E-state index contributed by atoms with van der Waals surface area (Å²) in [6.45, 7) is 2.55. The number of anilines is 2. The number of aryl methyl sites for hydroxylation is 1. The van der Waals surface area contributed by atoms with Crippen molar-refractivity contribution in [2.45, 2.75) is 13.3 Å². The SMILES string of the molecule is COc1ccc(C)cc1Nc1ncc(C(=O)NCCc2ccccc2)cn1. The van der Waals surface area contributed by atoms with E-state index in [4.69, 9.17) is 4.74 Å². The third kappa shape index (κ3) is 5.04. The van der Waals surface area contributed by atoms with Crippen LogP contribution in [0.2, 0.25) is 0 Å². The molecule has 0 saturated heterocycles. The number of ether oxygens (including phenoxy) is 1. The smallest absolute Gasteiger partial charge is 0.254 e. The van der Waals surface area contributed by atoms with Crippen LogP contribution < -0.4 is 15.4 Å². The van der Waals surface area contributed by atoms with Gasteiger partial charge in [0.25, 0.3) is 5.91 Å². The van der Waals surface area contributed by atoms with Gasteiger partial charge in [-0.05, 0) is 36.6 Å². The van der Waals surface area contributed by atoms with Gasteiger partial charge >= 0.3 is 0 Å². The maximum atomic E-state index is 12.2. The zero-order valence-electron chi connectivity index (χ0n) is 15.4. The predicted molar refractivity (Wildman–Crippen MR) is 106 cm³/mol. The molecule has 0 spiro atoms. The van der Waals surface area contributed by atoms with Crippen LogP contribution in [0.5, 0.6) is 5.75 Å². The highest BCUT2D eigenvalue weighted by Crippen LogP contribution is 2.27. The standard InChI is InChI=1S/C21H22N4O2/c1-15-8-9-19(27-2)18(12-15)25-21-23-13-17(14-24-21)20(26)22-11-10-16-6-4-3-5-7-16/h3-9,12-14H,10-11H2,1-2H3,(H,22,26)(H,23,24,25). The van der Waals surface area contributed by atoms with Crippen LogP contribution in [0, 0.1) is 6.92 Å².